The van der Waals surface area contributed by atoms with E-state index in [0.29, 0.717) is 11.3 Å². The predicted octanol–water partition coefficient (Wildman–Crippen LogP) is 4.13. The van der Waals surface area contributed by atoms with E-state index in [1.165, 1.54) is 23.1 Å². The third kappa shape index (κ3) is 4.43. The van der Waals surface area contributed by atoms with Crippen molar-refractivity contribution in [3.8, 4) is 17.2 Å². The second kappa shape index (κ2) is 8.69. The smallest absolute Gasteiger partial charge is 0.414 e. The van der Waals surface area contributed by atoms with Crippen molar-refractivity contribution in [2.24, 2.45) is 0 Å². The fourth-order valence-corrected chi connectivity index (χ4v) is 2.63. The van der Waals surface area contributed by atoms with E-state index in [1.54, 1.807) is 52.2 Å². The number of rotatable bonds is 5. The Kier molecular flexibility index (Phi) is 6.06. The van der Waals surface area contributed by atoms with Crippen LogP contribution in [0.25, 0.3) is 11.0 Å². The lowest BCUT2D eigenvalue weighted by Crippen LogP contribution is -2.25. The SMILES string of the molecule is CCOC(=O)c1ccc(Oc2c(C)oc3cc(OC(=O)N(C)C)ccc3c2=O)cc1. The van der Waals surface area contributed by atoms with Crippen LogP contribution in [-0.2, 0) is 4.74 Å². The van der Waals surface area contributed by atoms with Gasteiger partial charge in [0.1, 0.15) is 22.8 Å². The van der Waals surface area contributed by atoms with Gasteiger partial charge in [-0.3, -0.25) is 4.79 Å². The Labute approximate surface area is 172 Å². The lowest BCUT2D eigenvalue weighted by atomic mass is 10.2. The van der Waals surface area contributed by atoms with Gasteiger partial charge in [0.2, 0.25) is 11.2 Å². The van der Waals surface area contributed by atoms with Crippen LogP contribution in [0.4, 0.5) is 4.79 Å². The number of carbonyl (C=O) groups is 2. The predicted molar refractivity (Wildman–Crippen MR) is 109 cm³/mol. The number of amides is 1. The molecule has 0 radical (unpaired) electrons. The minimum Gasteiger partial charge on any atom is -0.462 e. The van der Waals surface area contributed by atoms with Crippen LogP contribution < -0.4 is 14.9 Å². The molecule has 0 saturated carbocycles. The highest BCUT2D eigenvalue weighted by molar-refractivity contribution is 5.89. The quantitative estimate of drug-likeness (QED) is 0.583. The second-order valence-corrected chi connectivity index (χ2v) is 6.58. The van der Waals surface area contributed by atoms with Crippen LogP contribution in [0.1, 0.15) is 23.0 Å². The first kappa shape index (κ1) is 20.9. The van der Waals surface area contributed by atoms with Gasteiger partial charge in [0, 0.05) is 20.2 Å². The van der Waals surface area contributed by atoms with E-state index in [4.69, 9.17) is 18.6 Å². The van der Waals surface area contributed by atoms with Crippen LogP contribution in [0.3, 0.4) is 0 Å². The van der Waals surface area contributed by atoms with Gasteiger partial charge in [0.05, 0.1) is 17.6 Å². The topological polar surface area (TPSA) is 95.3 Å². The summed E-state index contributed by atoms with van der Waals surface area (Å²) in [7, 11) is 3.13. The lowest BCUT2D eigenvalue weighted by Gasteiger charge is -2.12. The van der Waals surface area contributed by atoms with E-state index in [-0.39, 0.29) is 40.3 Å². The maximum atomic E-state index is 12.9. The molecule has 8 nitrogen and oxygen atoms in total. The van der Waals surface area contributed by atoms with Crippen molar-refractivity contribution < 1.29 is 28.2 Å². The third-order valence-electron chi connectivity index (χ3n) is 4.14. The molecule has 3 rings (SSSR count). The largest absolute Gasteiger partial charge is 0.462 e. The number of nitrogens with zero attached hydrogens (tertiary/aromatic N) is 1. The Morgan fingerprint density at radius 1 is 1.03 bits per heavy atom. The summed E-state index contributed by atoms with van der Waals surface area (Å²) in [4.78, 5) is 37.6. The molecule has 2 aromatic carbocycles. The molecule has 0 spiro atoms. The van der Waals surface area contributed by atoms with Crippen molar-refractivity contribution in [1.29, 1.82) is 0 Å². The van der Waals surface area contributed by atoms with Gasteiger partial charge >= 0.3 is 12.1 Å². The lowest BCUT2D eigenvalue weighted by molar-refractivity contribution is 0.0526. The molecule has 0 aliphatic carbocycles. The summed E-state index contributed by atoms with van der Waals surface area (Å²) in [6.45, 7) is 3.61. The summed E-state index contributed by atoms with van der Waals surface area (Å²) in [5.74, 6) is 0.486. The molecular formula is C22H21NO7. The van der Waals surface area contributed by atoms with Gasteiger partial charge in [-0.25, -0.2) is 9.59 Å². The van der Waals surface area contributed by atoms with E-state index in [0.717, 1.165) is 0 Å². The van der Waals surface area contributed by atoms with Crippen molar-refractivity contribution in [2.45, 2.75) is 13.8 Å². The van der Waals surface area contributed by atoms with Gasteiger partial charge in [0.15, 0.2) is 0 Å². The zero-order chi connectivity index (χ0) is 21.8. The molecule has 0 N–H and O–H groups in total. The summed E-state index contributed by atoms with van der Waals surface area (Å²) < 4.78 is 21.6. The fraction of sp³-hybridized carbons (Fsp3) is 0.227. The monoisotopic (exact) mass is 411 g/mol. The van der Waals surface area contributed by atoms with Crippen LogP contribution in [-0.4, -0.2) is 37.7 Å². The van der Waals surface area contributed by atoms with E-state index in [2.05, 4.69) is 0 Å². The van der Waals surface area contributed by atoms with Gasteiger partial charge in [-0.05, 0) is 50.2 Å². The number of esters is 1. The molecule has 0 aliphatic heterocycles. The van der Waals surface area contributed by atoms with Gasteiger partial charge in [-0.1, -0.05) is 0 Å². The maximum absolute atomic E-state index is 12.9. The van der Waals surface area contributed by atoms with Crippen molar-refractivity contribution >= 4 is 23.0 Å². The highest BCUT2D eigenvalue weighted by atomic mass is 16.6. The number of aryl methyl sites for hydroxylation is 1. The summed E-state index contributed by atoms with van der Waals surface area (Å²) in [6, 6.07) is 10.7. The second-order valence-electron chi connectivity index (χ2n) is 6.58. The molecule has 8 heteroatoms. The third-order valence-corrected chi connectivity index (χ3v) is 4.14. The van der Waals surface area contributed by atoms with Crippen molar-refractivity contribution in [1.82, 2.24) is 4.90 Å². The first-order chi connectivity index (χ1) is 14.3. The van der Waals surface area contributed by atoms with Crippen LogP contribution >= 0.6 is 0 Å². The van der Waals surface area contributed by atoms with Gasteiger partial charge in [-0.15, -0.1) is 0 Å². The van der Waals surface area contributed by atoms with E-state index in [9.17, 15) is 14.4 Å². The number of hydrogen-bond donors (Lipinski definition) is 0. The number of fused-ring (bicyclic) bond motifs is 1. The molecular weight excluding hydrogens is 390 g/mol. The number of carbonyl (C=O) groups excluding carboxylic acids is 2. The van der Waals surface area contributed by atoms with E-state index < -0.39 is 12.1 Å². The molecule has 0 saturated heterocycles. The zero-order valence-corrected chi connectivity index (χ0v) is 17.1. The van der Waals surface area contributed by atoms with Gasteiger partial charge in [-0.2, -0.15) is 0 Å². The molecule has 1 aromatic heterocycles. The Bertz CT molecular complexity index is 1150. The Balaban J connectivity index is 1.89. The zero-order valence-electron chi connectivity index (χ0n) is 17.1. The summed E-state index contributed by atoms with van der Waals surface area (Å²) in [5.41, 5.74) is 0.284. The number of benzene rings is 2. The summed E-state index contributed by atoms with van der Waals surface area (Å²) in [6.07, 6.45) is -0.542. The number of ether oxygens (including phenoxy) is 3. The van der Waals surface area contributed by atoms with Gasteiger partial charge < -0.3 is 23.5 Å². The van der Waals surface area contributed by atoms with E-state index in [1.807, 2.05) is 0 Å². The Morgan fingerprint density at radius 2 is 1.70 bits per heavy atom. The fourth-order valence-electron chi connectivity index (χ4n) is 2.63. The van der Waals surface area contributed by atoms with Crippen LogP contribution in [0.2, 0.25) is 0 Å². The molecule has 1 amide bonds. The van der Waals surface area contributed by atoms with Crippen molar-refractivity contribution in [3.63, 3.8) is 0 Å². The highest BCUT2D eigenvalue weighted by Gasteiger charge is 2.16. The molecule has 1 heterocycles. The standard InChI is InChI=1S/C22H21NO7/c1-5-27-21(25)14-6-8-15(9-7-14)29-20-13(2)28-18-12-16(30-22(26)23(3)4)10-11-17(18)19(20)24/h6-12H,5H2,1-4H3. The Hall–Kier alpha value is -3.81. The first-order valence-electron chi connectivity index (χ1n) is 9.21. The van der Waals surface area contributed by atoms with Gasteiger partial charge in [0.25, 0.3) is 0 Å². The van der Waals surface area contributed by atoms with Crippen molar-refractivity contribution in [2.75, 3.05) is 20.7 Å². The average molecular weight is 411 g/mol. The average Bonchev–Trinajstić information content (AvgIpc) is 2.71. The van der Waals surface area contributed by atoms with Crippen LogP contribution in [0.5, 0.6) is 17.2 Å². The molecule has 30 heavy (non-hydrogen) atoms. The highest BCUT2D eigenvalue weighted by Crippen LogP contribution is 2.27. The maximum Gasteiger partial charge on any atom is 0.414 e. The van der Waals surface area contributed by atoms with Crippen LogP contribution in [0, 0.1) is 6.92 Å². The first-order valence-corrected chi connectivity index (χ1v) is 9.21. The summed E-state index contributed by atoms with van der Waals surface area (Å²) in [5, 5.41) is 0.281. The molecule has 0 unspecified atom stereocenters. The Morgan fingerprint density at radius 3 is 2.33 bits per heavy atom. The van der Waals surface area contributed by atoms with Crippen LogP contribution in [0.15, 0.2) is 51.7 Å². The summed E-state index contributed by atoms with van der Waals surface area (Å²) >= 11 is 0. The van der Waals surface area contributed by atoms with Crippen molar-refractivity contribution in [3.05, 3.63) is 64.0 Å². The molecule has 0 fully saturated rings. The molecule has 3 aromatic rings. The minimum absolute atomic E-state index is 0.0319. The molecule has 0 aliphatic rings. The molecule has 0 atom stereocenters. The molecule has 0 bridgehead atoms. The van der Waals surface area contributed by atoms with E-state index >= 15 is 0 Å². The normalized spacial score (nSPS) is 10.5. The number of hydrogen-bond acceptors (Lipinski definition) is 7. The minimum atomic E-state index is -0.542. The molecule has 156 valence electrons.